The lowest BCUT2D eigenvalue weighted by Crippen LogP contribution is -2.27. The highest BCUT2D eigenvalue weighted by Crippen LogP contribution is 2.32. The molecule has 0 aliphatic rings. The molecule has 0 aliphatic carbocycles. The lowest BCUT2D eigenvalue weighted by atomic mass is 10.0. The largest absolute Gasteiger partial charge is 0.493 e. The van der Waals surface area contributed by atoms with Crippen LogP contribution in [0.25, 0.3) is 0 Å². The van der Waals surface area contributed by atoms with Gasteiger partial charge in [-0.25, -0.2) is 8.78 Å². The van der Waals surface area contributed by atoms with Crippen LogP contribution < -0.4 is 14.8 Å². The lowest BCUT2D eigenvalue weighted by Gasteiger charge is -2.19. The summed E-state index contributed by atoms with van der Waals surface area (Å²) in [6.07, 6.45) is 0. The molecule has 4 nitrogen and oxygen atoms in total. The number of rotatable bonds is 5. The Kier molecular flexibility index (Phi) is 5.39. The van der Waals surface area contributed by atoms with Gasteiger partial charge in [0.1, 0.15) is 11.6 Å². The summed E-state index contributed by atoms with van der Waals surface area (Å²) in [5, 5.41) is 2.73. The van der Waals surface area contributed by atoms with Crippen molar-refractivity contribution in [3.63, 3.8) is 0 Å². The molecule has 0 spiro atoms. The molecular weight excluding hydrogens is 316 g/mol. The van der Waals surface area contributed by atoms with Gasteiger partial charge >= 0.3 is 0 Å². The zero-order chi connectivity index (χ0) is 17.9. The molecule has 24 heavy (non-hydrogen) atoms. The van der Waals surface area contributed by atoms with E-state index in [1.807, 2.05) is 6.92 Å². The van der Waals surface area contributed by atoms with E-state index < -0.39 is 17.5 Å². The van der Waals surface area contributed by atoms with Gasteiger partial charge in [-0.2, -0.15) is 0 Å². The number of benzene rings is 2. The van der Waals surface area contributed by atoms with Gasteiger partial charge in [0.05, 0.1) is 20.3 Å². The molecule has 0 heterocycles. The lowest BCUT2D eigenvalue weighted by molar-refractivity contribution is 0.0939. The zero-order valence-electron chi connectivity index (χ0n) is 13.9. The Balaban J connectivity index is 2.26. The normalized spacial score (nSPS) is 11.8. The summed E-state index contributed by atoms with van der Waals surface area (Å²) in [7, 11) is 3.07. The summed E-state index contributed by atoms with van der Waals surface area (Å²) in [4.78, 5) is 12.2. The van der Waals surface area contributed by atoms with Gasteiger partial charge in [0.25, 0.3) is 5.91 Å². The Bertz CT molecular complexity index is 742. The van der Waals surface area contributed by atoms with E-state index in [-0.39, 0.29) is 11.6 Å². The van der Waals surface area contributed by atoms with Crippen molar-refractivity contribution in [3.05, 3.63) is 58.7 Å². The van der Waals surface area contributed by atoms with E-state index in [9.17, 15) is 13.6 Å². The van der Waals surface area contributed by atoms with Gasteiger partial charge in [-0.3, -0.25) is 4.79 Å². The van der Waals surface area contributed by atoms with Gasteiger partial charge in [0.2, 0.25) is 0 Å². The SMILES string of the molecule is COc1cc(C)c(C(C)NC(=O)c2cc(F)cc(F)c2)cc1OC. The number of aryl methyl sites for hydroxylation is 1. The maximum atomic E-state index is 13.2. The minimum atomic E-state index is -0.796. The van der Waals surface area contributed by atoms with Gasteiger partial charge in [0.15, 0.2) is 11.5 Å². The van der Waals surface area contributed by atoms with Crippen molar-refractivity contribution in [2.75, 3.05) is 14.2 Å². The van der Waals surface area contributed by atoms with Crippen LogP contribution in [0, 0.1) is 18.6 Å². The van der Waals surface area contributed by atoms with Gasteiger partial charge in [-0.15, -0.1) is 0 Å². The molecule has 0 fully saturated rings. The molecule has 0 bridgehead atoms. The molecule has 1 N–H and O–H groups in total. The highest BCUT2D eigenvalue weighted by Gasteiger charge is 2.17. The number of hydrogen-bond acceptors (Lipinski definition) is 3. The Morgan fingerprint density at radius 1 is 1.00 bits per heavy atom. The van der Waals surface area contributed by atoms with Crippen LogP contribution in [0.1, 0.15) is 34.5 Å². The molecule has 1 atom stereocenters. The number of nitrogens with one attached hydrogen (secondary N) is 1. The smallest absolute Gasteiger partial charge is 0.251 e. The maximum Gasteiger partial charge on any atom is 0.251 e. The van der Waals surface area contributed by atoms with Crippen LogP contribution in [0.15, 0.2) is 30.3 Å². The highest BCUT2D eigenvalue weighted by molar-refractivity contribution is 5.94. The van der Waals surface area contributed by atoms with Gasteiger partial charge < -0.3 is 14.8 Å². The molecule has 2 rings (SSSR count). The van der Waals surface area contributed by atoms with Crippen molar-refractivity contribution < 1.29 is 23.0 Å². The first kappa shape index (κ1) is 17.7. The standard InChI is InChI=1S/C18H19F2NO3/c1-10-5-16(23-3)17(24-4)9-15(10)11(2)21-18(22)12-6-13(19)8-14(20)7-12/h5-9,11H,1-4H3,(H,21,22). The molecule has 0 aliphatic heterocycles. The third-order valence-corrected chi connectivity index (χ3v) is 3.71. The van der Waals surface area contributed by atoms with E-state index in [1.165, 1.54) is 7.11 Å². The molecule has 1 amide bonds. The molecule has 0 saturated carbocycles. The van der Waals surface area contributed by atoms with Crippen molar-refractivity contribution in [3.8, 4) is 11.5 Å². The van der Waals surface area contributed by atoms with Crippen molar-refractivity contribution in [1.29, 1.82) is 0 Å². The second-order valence-corrected chi connectivity index (χ2v) is 5.42. The monoisotopic (exact) mass is 335 g/mol. The summed E-state index contributed by atoms with van der Waals surface area (Å²) in [5.74, 6) is -1.03. The second-order valence-electron chi connectivity index (χ2n) is 5.42. The molecule has 0 radical (unpaired) electrons. The summed E-state index contributed by atoms with van der Waals surface area (Å²) < 4.78 is 37.0. The van der Waals surface area contributed by atoms with Crippen LogP contribution in [0.2, 0.25) is 0 Å². The molecule has 0 saturated heterocycles. The third kappa shape index (κ3) is 3.82. The van der Waals surface area contributed by atoms with Gasteiger partial charge in [-0.05, 0) is 49.2 Å². The zero-order valence-corrected chi connectivity index (χ0v) is 13.9. The average Bonchev–Trinajstić information content (AvgIpc) is 2.53. The van der Waals surface area contributed by atoms with E-state index in [1.54, 1.807) is 26.2 Å². The summed E-state index contributed by atoms with van der Waals surface area (Å²) in [6, 6.07) is 5.89. The summed E-state index contributed by atoms with van der Waals surface area (Å²) in [6.45, 7) is 3.66. The predicted molar refractivity (Wildman–Crippen MR) is 86.5 cm³/mol. The molecule has 6 heteroatoms. The Hall–Kier alpha value is -2.63. The van der Waals surface area contributed by atoms with E-state index in [2.05, 4.69) is 5.32 Å². The molecule has 2 aromatic carbocycles. The second kappa shape index (κ2) is 7.29. The quantitative estimate of drug-likeness (QED) is 0.904. The van der Waals surface area contributed by atoms with Crippen LogP contribution in [-0.2, 0) is 0 Å². The van der Waals surface area contributed by atoms with Crippen LogP contribution in [0.4, 0.5) is 8.78 Å². The Morgan fingerprint density at radius 2 is 1.54 bits per heavy atom. The third-order valence-electron chi connectivity index (χ3n) is 3.71. The van der Waals surface area contributed by atoms with Crippen LogP contribution >= 0.6 is 0 Å². The fourth-order valence-electron chi connectivity index (χ4n) is 2.51. The minimum absolute atomic E-state index is 0.0718. The topological polar surface area (TPSA) is 47.6 Å². The Labute approximate surface area is 139 Å². The number of ether oxygens (including phenoxy) is 2. The predicted octanol–water partition coefficient (Wildman–Crippen LogP) is 3.78. The van der Waals surface area contributed by atoms with Crippen molar-refractivity contribution in [1.82, 2.24) is 5.32 Å². The first-order valence-electron chi connectivity index (χ1n) is 7.35. The number of methoxy groups -OCH3 is 2. The van der Waals surface area contributed by atoms with Crippen LogP contribution in [-0.4, -0.2) is 20.1 Å². The summed E-state index contributed by atoms with van der Waals surface area (Å²) >= 11 is 0. The minimum Gasteiger partial charge on any atom is -0.493 e. The first-order chi connectivity index (χ1) is 11.3. The van der Waals surface area contributed by atoms with E-state index in [4.69, 9.17) is 9.47 Å². The fourth-order valence-corrected chi connectivity index (χ4v) is 2.51. The van der Waals surface area contributed by atoms with E-state index in [0.29, 0.717) is 11.5 Å². The Morgan fingerprint density at radius 3 is 2.08 bits per heavy atom. The number of carbonyl (C=O) groups is 1. The van der Waals surface area contributed by atoms with E-state index in [0.717, 1.165) is 29.3 Å². The van der Waals surface area contributed by atoms with Crippen LogP contribution in [0.3, 0.4) is 0 Å². The first-order valence-corrected chi connectivity index (χ1v) is 7.35. The molecule has 2 aromatic rings. The average molecular weight is 335 g/mol. The fraction of sp³-hybridized carbons (Fsp3) is 0.278. The summed E-state index contributed by atoms with van der Waals surface area (Å²) in [5.41, 5.74) is 1.64. The number of carbonyl (C=O) groups excluding carboxylic acids is 1. The van der Waals surface area contributed by atoms with Crippen LogP contribution in [0.5, 0.6) is 11.5 Å². The molecular formula is C18H19F2NO3. The molecule has 1 unspecified atom stereocenters. The van der Waals surface area contributed by atoms with Gasteiger partial charge in [0, 0.05) is 11.6 Å². The van der Waals surface area contributed by atoms with E-state index >= 15 is 0 Å². The maximum absolute atomic E-state index is 13.2. The van der Waals surface area contributed by atoms with Crippen molar-refractivity contribution >= 4 is 5.91 Å². The molecule has 0 aromatic heterocycles. The van der Waals surface area contributed by atoms with Crippen molar-refractivity contribution in [2.24, 2.45) is 0 Å². The highest BCUT2D eigenvalue weighted by atomic mass is 19.1. The van der Waals surface area contributed by atoms with Crippen molar-refractivity contribution in [2.45, 2.75) is 19.9 Å². The number of hydrogen-bond donors (Lipinski definition) is 1. The molecule has 128 valence electrons. The number of halogens is 2. The number of amides is 1. The van der Waals surface area contributed by atoms with Gasteiger partial charge in [-0.1, -0.05) is 0 Å².